The highest BCUT2D eigenvalue weighted by molar-refractivity contribution is 7.14. The predicted molar refractivity (Wildman–Crippen MR) is 119 cm³/mol. The molecule has 3 aromatic rings. The van der Waals surface area contributed by atoms with Crippen molar-refractivity contribution in [1.82, 2.24) is 35.4 Å². The summed E-state index contributed by atoms with van der Waals surface area (Å²) in [6.07, 6.45) is 5.26. The maximum atomic E-state index is 12.4. The first-order chi connectivity index (χ1) is 15.6. The van der Waals surface area contributed by atoms with E-state index in [1.54, 1.807) is 23.8 Å². The molecule has 0 bridgehead atoms. The first kappa shape index (κ1) is 21.7. The second-order valence-corrected chi connectivity index (χ2v) is 8.41. The fourth-order valence-electron chi connectivity index (χ4n) is 3.65. The quantitative estimate of drug-likeness (QED) is 0.522. The number of anilines is 2. The number of amides is 1. The van der Waals surface area contributed by atoms with Crippen LogP contribution >= 0.6 is 11.3 Å². The number of nitrogens with zero attached hydrogens (tertiary/aromatic N) is 7. The van der Waals surface area contributed by atoms with Crippen molar-refractivity contribution >= 4 is 28.2 Å². The molecule has 10 nitrogen and oxygen atoms in total. The van der Waals surface area contributed by atoms with Crippen molar-refractivity contribution in [3.63, 3.8) is 0 Å². The summed E-state index contributed by atoms with van der Waals surface area (Å²) < 4.78 is 0. The third kappa shape index (κ3) is 5.60. The van der Waals surface area contributed by atoms with E-state index < -0.39 is 0 Å². The average Bonchev–Trinajstić information content (AvgIpc) is 3.27. The van der Waals surface area contributed by atoms with E-state index >= 15 is 0 Å². The molecule has 1 aliphatic heterocycles. The van der Waals surface area contributed by atoms with Gasteiger partial charge >= 0.3 is 0 Å². The van der Waals surface area contributed by atoms with Gasteiger partial charge in [0.05, 0.1) is 24.5 Å². The third-order valence-corrected chi connectivity index (χ3v) is 5.90. The summed E-state index contributed by atoms with van der Waals surface area (Å²) in [7, 11) is 0. The van der Waals surface area contributed by atoms with Crippen molar-refractivity contribution in [3.8, 4) is 6.07 Å². The van der Waals surface area contributed by atoms with Crippen LogP contribution < -0.4 is 10.6 Å². The van der Waals surface area contributed by atoms with Gasteiger partial charge in [0, 0.05) is 36.7 Å². The lowest BCUT2D eigenvalue weighted by Crippen LogP contribution is -2.35. The molecule has 2 N–H and O–H groups in total. The molecule has 1 unspecified atom stereocenters. The zero-order chi connectivity index (χ0) is 22.3. The lowest BCUT2D eigenvalue weighted by molar-refractivity contribution is 0.0946. The molecule has 0 radical (unpaired) electrons. The number of rotatable bonds is 7. The zero-order valence-electron chi connectivity index (χ0n) is 17.7. The Morgan fingerprint density at radius 3 is 3.06 bits per heavy atom. The Morgan fingerprint density at radius 1 is 1.34 bits per heavy atom. The maximum Gasteiger partial charge on any atom is 0.271 e. The standard InChI is InChI=1S/C21H23N9OS/c1-14-26-17(16-3-2-7-30(12-16)8-5-22)9-19(27-14)29-21-28-18(13-32-21)20(31)23-10-15-4-6-24-25-11-15/h4,6,9,11,13,16H,2-3,7-8,10,12H2,1H3,(H,23,31)(H,26,27,28,29). The van der Waals surface area contributed by atoms with Gasteiger partial charge in [-0.1, -0.05) is 0 Å². The number of carbonyl (C=O) groups excluding carboxylic acids is 1. The van der Waals surface area contributed by atoms with Gasteiger partial charge < -0.3 is 10.6 Å². The van der Waals surface area contributed by atoms with Crippen molar-refractivity contribution in [2.45, 2.75) is 32.2 Å². The van der Waals surface area contributed by atoms with E-state index in [-0.39, 0.29) is 11.8 Å². The van der Waals surface area contributed by atoms with Crippen LogP contribution in [0.25, 0.3) is 0 Å². The maximum absolute atomic E-state index is 12.4. The minimum absolute atomic E-state index is 0.259. The molecule has 1 saturated heterocycles. The van der Waals surface area contributed by atoms with Crippen LogP contribution in [0.3, 0.4) is 0 Å². The fourth-order valence-corrected chi connectivity index (χ4v) is 4.34. The summed E-state index contributed by atoms with van der Waals surface area (Å²) in [5, 5.41) is 24.8. The van der Waals surface area contributed by atoms with Crippen molar-refractivity contribution in [1.29, 1.82) is 5.26 Å². The Morgan fingerprint density at radius 2 is 2.25 bits per heavy atom. The number of likely N-dealkylation sites (tertiary alicyclic amines) is 1. The van der Waals surface area contributed by atoms with E-state index in [1.165, 1.54) is 11.3 Å². The number of hydrogen-bond donors (Lipinski definition) is 2. The Hall–Kier alpha value is -3.49. The van der Waals surface area contributed by atoms with E-state index in [1.807, 2.05) is 13.0 Å². The van der Waals surface area contributed by atoms with Crippen LogP contribution in [0.1, 0.15) is 46.3 Å². The Labute approximate surface area is 189 Å². The first-order valence-electron chi connectivity index (χ1n) is 10.3. The number of nitrogens with one attached hydrogen (secondary N) is 2. The van der Waals surface area contributed by atoms with Crippen LogP contribution in [0.4, 0.5) is 10.9 Å². The van der Waals surface area contributed by atoms with Gasteiger partial charge in [-0.2, -0.15) is 15.5 Å². The third-order valence-electron chi connectivity index (χ3n) is 5.15. The molecule has 1 fully saturated rings. The van der Waals surface area contributed by atoms with Gasteiger partial charge in [-0.25, -0.2) is 15.0 Å². The lowest BCUT2D eigenvalue weighted by atomic mass is 9.94. The molecule has 4 rings (SSSR count). The van der Waals surface area contributed by atoms with Crippen LogP contribution in [-0.2, 0) is 6.54 Å². The largest absolute Gasteiger partial charge is 0.347 e. The van der Waals surface area contributed by atoms with Gasteiger partial charge in [-0.05, 0) is 37.9 Å². The molecule has 1 atom stereocenters. The van der Waals surface area contributed by atoms with Crippen LogP contribution in [0.5, 0.6) is 0 Å². The Balaban J connectivity index is 1.41. The van der Waals surface area contributed by atoms with E-state index in [4.69, 9.17) is 5.26 Å². The van der Waals surface area contributed by atoms with E-state index in [9.17, 15) is 4.79 Å². The fraction of sp³-hybridized carbons (Fsp3) is 0.381. The molecule has 0 aromatic carbocycles. The summed E-state index contributed by atoms with van der Waals surface area (Å²) in [4.78, 5) is 28.0. The van der Waals surface area contributed by atoms with Crippen LogP contribution in [0.2, 0.25) is 0 Å². The zero-order valence-corrected chi connectivity index (χ0v) is 18.5. The summed E-state index contributed by atoms with van der Waals surface area (Å²) >= 11 is 1.34. The summed E-state index contributed by atoms with van der Waals surface area (Å²) in [6, 6.07) is 5.96. The Kier molecular flexibility index (Phi) is 6.94. The average molecular weight is 450 g/mol. The van der Waals surface area contributed by atoms with Gasteiger partial charge in [0.15, 0.2) is 5.13 Å². The minimum atomic E-state index is -0.259. The van der Waals surface area contributed by atoms with Crippen LogP contribution in [0, 0.1) is 18.3 Å². The summed E-state index contributed by atoms with van der Waals surface area (Å²) in [5.41, 5.74) is 2.16. The molecule has 164 valence electrons. The van der Waals surface area contributed by atoms with Crippen LogP contribution in [-0.4, -0.2) is 55.6 Å². The van der Waals surface area contributed by atoms with Gasteiger partial charge in [0.2, 0.25) is 0 Å². The number of nitriles is 1. The molecule has 0 spiro atoms. The lowest BCUT2D eigenvalue weighted by Gasteiger charge is -2.30. The van der Waals surface area contributed by atoms with Crippen molar-refractivity contribution in [3.05, 3.63) is 52.7 Å². The first-order valence-corrected chi connectivity index (χ1v) is 11.2. The number of carbonyl (C=O) groups is 1. The highest BCUT2D eigenvalue weighted by Crippen LogP contribution is 2.28. The Bertz CT molecular complexity index is 1110. The molecule has 32 heavy (non-hydrogen) atoms. The van der Waals surface area contributed by atoms with Crippen molar-refractivity contribution in [2.75, 3.05) is 25.0 Å². The smallest absolute Gasteiger partial charge is 0.271 e. The highest BCUT2D eigenvalue weighted by atomic mass is 32.1. The van der Waals surface area contributed by atoms with E-state index in [0.717, 1.165) is 37.2 Å². The van der Waals surface area contributed by atoms with Crippen LogP contribution in [0.15, 0.2) is 29.9 Å². The summed E-state index contributed by atoms with van der Waals surface area (Å²) in [6.45, 7) is 4.42. The SMILES string of the molecule is Cc1nc(Nc2nc(C(=O)NCc3ccnnc3)cs2)cc(C2CCCN(CC#N)C2)n1. The second kappa shape index (κ2) is 10.2. The molecule has 0 aliphatic carbocycles. The van der Waals surface area contributed by atoms with Gasteiger partial charge in [0.25, 0.3) is 5.91 Å². The van der Waals surface area contributed by atoms with Gasteiger partial charge in [-0.3, -0.25) is 9.69 Å². The topological polar surface area (TPSA) is 133 Å². The highest BCUT2D eigenvalue weighted by Gasteiger charge is 2.23. The minimum Gasteiger partial charge on any atom is -0.347 e. The number of aromatic nitrogens is 5. The normalized spacial score (nSPS) is 16.3. The number of hydrogen-bond acceptors (Lipinski definition) is 10. The molecule has 0 saturated carbocycles. The molecular weight excluding hydrogens is 426 g/mol. The molecule has 11 heteroatoms. The van der Waals surface area contributed by atoms with Crippen molar-refractivity contribution in [2.24, 2.45) is 0 Å². The van der Waals surface area contributed by atoms with Gasteiger partial charge in [-0.15, -0.1) is 11.3 Å². The number of piperidine rings is 1. The molecule has 4 heterocycles. The monoisotopic (exact) mass is 449 g/mol. The number of aryl methyl sites for hydroxylation is 1. The second-order valence-electron chi connectivity index (χ2n) is 7.55. The van der Waals surface area contributed by atoms with Crippen molar-refractivity contribution < 1.29 is 4.79 Å². The van der Waals surface area contributed by atoms with E-state index in [0.29, 0.717) is 35.6 Å². The molecular formula is C21H23N9OS. The predicted octanol–water partition coefficient (Wildman–Crippen LogP) is 2.41. The molecule has 3 aromatic heterocycles. The van der Waals surface area contributed by atoms with E-state index in [2.05, 4.69) is 46.8 Å². The number of thiazole rings is 1. The van der Waals surface area contributed by atoms with Gasteiger partial charge in [0.1, 0.15) is 17.3 Å². The molecule has 1 amide bonds. The summed E-state index contributed by atoms with van der Waals surface area (Å²) in [5.74, 6) is 1.32. The molecule has 1 aliphatic rings.